The Balaban J connectivity index is 0.00000196. The van der Waals surface area contributed by atoms with Gasteiger partial charge in [-0.1, -0.05) is 36.0 Å². The topological polar surface area (TPSA) is 44.4 Å². The van der Waals surface area contributed by atoms with Crippen molar-refractivity contribution in [3.05, 3.63) is 48.5 Å². The van der Waals surface area contributed by atoms with Crippen molar-refractivity contribution in [1.29, 1.82) is 0 Å². The number of carbonyl (C=O) groups is 1. The van der Waals surface area contributed by atoms with E-state index in [0.717, 1.165) is 32.4 Å². The summed E-state index contributed by atoms with van der Waals surface area (Å²) in [7, 11) is 0. The number of hydrogen-bond donors (Lipinski definition) is 2. The maximum Gasteiger partial charge on any atom is 0.237 e. The Bertz CT molecular complexity index is 719. The number of rotatable bonds is 5. The van der Waals surface area contributed by atoms with Gasteiger partial charge >= 0.3 is 0 Å². The molecule has 1 saturated heterocycles. The molecule has 26 heavy (non-hydrogen) atoms. The smallest absolute Gasteiger partial charge is 0.237 e. The fourth-order valence-corrected chi connectivity index (χ4v) is 4.60. The van der Waals surface area contributed by atoms with Gasteiger partial charge in [0, 0.05) is 22.9 Å². The zero-order chi connectivity index (χ0) is 17.1. The number of carbonyl (C=O) groups excluding carboxylic acids is 1. The first-order chi connectivity index (χ1) is 12.3. The Labute approximate surface area is 165 Å². The molecule has 0 bridgehead atoms. The number of hydrogen-bond acceptors (Lipinski definition) is 4. The van der Waals surface area contributed by atoms with Gasteiger partial charge in [-0.2, -0.15) is 0 Å². The molecule has 2 heterocycles. The van der Waals surface area contributed by atoms with Gasteiger partial charge in [0.05, 0.1) is 17.4 Å². The Kier molecular flexibility index (Phi) is 6.46. The van der Waals surface area contributed by atoms with Gasteiger partial charge in [0.1, 0.15) is 0 Å². The molecule has 4 nitrogen and oxygen atoms in total. The number of amides is 1. The van der Waals surface area contributed by atoms with Gasteiger partial charge in [-0.05, 0) is 50.1 Å². The zero-order valence-corrected chi connectivity index (χ0v) is 16.2. The summed E-state index contributed by atoms with van der Waals surface area (Å²) in [6.45, 7) is 2.56. The van der Waals surface area contributed by atoms with E-state index in [1.54, 1.807) is 0 Å². The average Bonchev–Trinajstić information content (AvgIpc) is 3.19. The highest BCUT2D eigenvalue weighted by atomic mass is 35.5. The van der Waals surface area contributed by atoms with Crippen LogP contribution in [0.5, 0.6) is 0 Å². The molecule has 1 unspecified atom stereocenters. The predicted octanol–water partition coefficient (Wildman–Crippen LogP) is 3.97. The van der Waals surface area contributed by atoms with Crippen molar-refractivity contribution in [3.8, 4) is 0 Å². The lowest BCUT2D eigenvalue weighted by Crippen LogP contribution is -2.41. The third-order valence-electron chi connectivity index (χ3n) is 4.77. The second-order valence-electron chi connectivity index (χ2n) is 6.48. The summed E-state index contributed by atoms with van der Waals surface area (Å²) in [5, 5.41) is 6.33. The van der Waals surface area contributed by atoms with Crippen LogP contribution in [0.3, 0.4) is 0 Å². The molecule has 2 N–H and O–H groups in total. The molecule has 2 aliphatic rings. The van der Waals surface area contributed by atoms with Crippen LogP contribution in [-0.2, 0) is 4.79 Å². The number of para-hydroxylation sites is 2. The summed E-state index contributed by atoms with van der Waals surface area (Å²) >= 11 is 1.83. The summed E-state index contributed by atoms with van der Waals surface area (Å²) in [5.41, 5.74) is 2.52. The number of nitrogens with zero attached hydrogens (tertiary/aromatic N) is 1. The lowest BCUT2D eigenvalue weighted by Gasteiger charge is -2.32. The normalized spacial score (nSPS) is 17.8. The number of benzene rings is 2. The fourth-order valence-electron chi connectivity index (χ4n) is 3.50. The summed E-state index contributed by atoms with van der Waals surface area (Å²) in [5.74, 6) is 0.146. The first-order valence-corrected chi connectivity index (χ1v) is 9.79. The minimum absolute atomic E-state index is 0. The molecule has 0 aromatic heterocycles. The van der Waals surface area contributed by atoms with Crippen molar-refractivity contribution in [2.75, 3.05) is 24.5 Å². The van der Waals surface area contributed by atoms with Crippen LogP contribution in [-0.4, -0.2) is 31.6 Å². The van der Waals surface area contributed by atoms with Crippen molar-refractivity contribution in [1.82, 2.24) is 10.6 Å². The van der Waals surface area contributed by atoms with E-state index in [1.807, 2.05) is 11.8 Å². The highest BCUT2D eigenvalue weighted by molar-refractivity contribution is 7.99. The molecule has 1 amide bonds. The Morgan fingerprint density at radius 1 is 1.12 bits per heavy atom. The van der Waals surface area contributed by atoms with E-state index in [4.69, 9.17) is 0 Å². The van der Waals surface area contributed by atoms with Gasteiger partial charge in [-0.25, -0.2) is 0 Å². The second kappa shape index (κ2) is 8.80. The first kappa shape index (κ1) is 19.1. The van der Waals surface area contributed by atoms with Gasteiger partial charge in [-0.15, -0.1) is 12.4 Å². The molecular formula is C20H24ClN3OS. The van der Waals surface area contributed by atoms with E-state index >= 15 is 0 Å². The molecule has 0 spiro atoms. The van der Waals surface area contributed by atoms with Crippen molar-refractivity contribution in [3.63, 3.8) is 0 Å². The molecule has 2 aromatic rings. The number of nitrogens with one attached hydrogen (secondary N) is 2. The molecule has 0 aliphatic carbocycles. The number of halogens is 1. The minimum atomic E-state index is 0. The van der Waals surface area contributed by atoms with Crippen LogP contribution in [0.4, 0.5) is 11.4 Å². The zero-order valence-electron chi connectivity index (χ0n) is 14.6. The highest BCUT2D eigenvalue weighted by Gasteiger charge is 2.23. The van der Waals surface area contributed by atoms with Crippen molar-refractivity contribution < 1.29 is 4.79 Å². The van der Waals surface area contributed by atoms with Gasteiger partial charge in [0.2, 0.25) is 5.91 Å². The van der Waals surface area contributed by atoms with E-state index < -0.39 is 0 Å². The largest absolute Gasteiger partial charge is 0.355 e. The molecule has 4 rings (SSSR count). The van der Waals surface area contributed by atoms with E-state index in [1.165, 1.54) is 21.2 Å². The average molecular weight is 390 g/mol. The first-order valence-electron chi connectivity index (χ1n) is 8.97. The molecule has 2 aromatic carbocycles. The Morgan fingerprint density at radius 3 is 2.38 bits per heavy atom. The predicted molar refractivity (Wildman–Crippen MR) is 110 cm³/mol. The van der Waals surface area contributed by atoms with Crippen LogP contribution in [0.15, 0.2) is 58.3 Å². The van der Waals surface area contributed by atoms with Crippen LogP contribution in [0, 0.1) is 0 Å². The molecule has 2 aliphatic heterocycles. The molecule has 1 fully saturated rings. The molecule has 1 atom stereocenters. The van der Waals surface area contributed by atoms with Crippen molar-refractivity contribution in [2.45, 2.75) is 35.1 Å². The van der Waals surface area contributed by atoms with Crippen molar-refractivity contribution in [2.24, 2.45) is 0 Å². The van der Waals surface area contributed by atoms with E-state index in [2.05, 4.69) is 64.1 Å². The molecule has 0 radical (unpaired) electrons. The van der Waals surface area contributed by atoms with Crippen LogP contribution in [0.2, 0.25) is 0 Å². The lowest BCUT2D eigenvalue weighted by molar-refractivity contribution is -0.122. The molecule has 138 valence electrons. The standard InChI is InChI=1S/C20H23N3OS.ClH/c24-20(15-7-5-12-21-15)22-13-6-14-23-16-8-1-3-10-18(16)25-19-11-4-2-9-17(19)23;/h1-4,8-11,15,21H,5-7,12-14H2,(H,22,24);1H. The minimum Gasteiger partial charge on any atom is -0.355 e. The van der Waals surface area contributed by atoms with Crippen LogP contribution >= 0.6 is 24.2 Å². The van der Waals surface area contributed by atoms with Gasteiger partial charge in [0.15, 0.2) is 0 Å². The number of anilines is 2. The van der Waals surface area contributed by atoms with E-state index in [0.29, 0.717) is 6.54 Å². The maximum absolute atomic E-state index is 12.1. The fraction of sp³-hybridized carbons (Fsp3) is 0.350. The third kappa shape index (κ3) is 4.00. The Hall–Kier alpha value is -1.69. The van der Waals surface area contributed by atoms with Gasteiger partial charge in [0.25, 0.3) is 0 Å². The molecular weight excluding hydrogens is 366 g/mol. The Morgan fingerprint density at radius 2 is 1.77 bits per heavy atom. The lowest BCUT2D eigenvalue weighted by atomic mass is 10.2. The summed E-state index contributed by atoms with van der Waals surface area (Å²) in [6, 6.07) is 17.1. The van der Waals surface area contributed by atoms with Crippen molar-refractivity contribution >= 4 is 41.5 Å². The summed E-state index contributed by atoms with van der Waals surface area (Å²) < 4.78 is 0. The second-order valence-corrected chi connectivity index (χ2v) is 7.57. The molecule has 0 saturated carbocycles. The van der Waals surface area contributed by atoms with Crippen LogP contribution in [0.1, 0.15) is 19.3 Å². The van der Waals surface area contributed by atoms with E-state index in [-0.39, 0.29) is 24.4 Å². The van der Waals surface area contributed by atoms with Crippen LogP contribution < -0.4 is 15.5 Å². The quantitative estimate of drug-likeness (QED) is 0.759. The monoisotopic (exact) mass is 389 g/mol. The summed E-state index contributed by atoms with van der Waals surface area (Å²) in [6.07, 6.45) is 2.97. The highest BCUT2D eigenvalue weighted by Crippen LogP contribution is 2.47. The van der Waals surface area contributed by atoms with Gasteiger partial charge in [-0.3, -0.25) is 4.79 Å². The maximum atomic E-state index is 12.1. The van der Waals surface area contributed by atoms with E-state index in [9.17, 15) is 4.79 Å². The van der Waals surface area contributed by atoms with Crippen LogP contribution in [0.25, 0.3) is 0 Å². The third-order valence-corrected chi connectivity index (χ3v) is 5.90. The SMILES string of the molecule is Cl.O=C(NCCCN1c2ccccc2Sc2ccccc21)C1CCCN1. The van der Waals surface area contributed by atoms with Gasteiger partial charge < -0.3 is 15.5 Å². The number of fused-ring (bicyclic) bond motifs is 2. The molecule has 6 heteroatoms. The summed E-state index contributed by atoms with van der Waals surface area (Å²) in [4.78, 5) is 17.1.